The Balaban J connectivity index is 1.21. The van der Waals surface area contributed by atoms with Crippen LogP contribution >= 0.6 is 0 Å². The zero-order valence-electron chi connectivity index (χ0n) is 15.6. The van der Waals surface area contributed by atoms with Crippen LogP contribution in [-0.2, 0) is 24.1 Å². The highest BCUT2D eigenvalue weighted by Crippen LogP contribution is 2.19. The molecular weight excluding hydrogens is 328 g/mol. The van der Waals surface area contributed by atoms with E-state index >= 15 is 0 Å². The van der Waals surface area contributed by atoms with Crippen molar-refractivity contribution < 1.29 is 9.53 Å². The zero-order valence-corrected chi connectivity index (χ0v) is 15.6. The van der Waals surface area contributed by atoms with Crippen molar-refractivity contribution in [2.45, 2.75) is 51.2 Å². The van der Waals surface area contributed by atoms with Crippen LogP contribution in [0.25, 0.3) is 0 Å². The lowest BCUT2D eigenvalue weighted by molar-refractivity contribution is 0.0561. The first-order valence-corrected chi connectivity index (χ1v) is 10.1. The minimum Gasteiger partial charge on any atom is -0.377 e. The van der Waals surface area contributed by atoms with Gasteiger partial charge in [0.15, 0.2) is 0 Å². The molecule has 1 aliphatic carbocycles. The van der Waals surface area contributed by atoms with Gasteiger partial charge in [0.1, 0.15) is 0 Å². The summed E-state index contributed by atoms with van der Waals surface area (Å²) in [4.78, 5) is 21.5. The Bertz CT molecular complexity index is 622. The van der Waals surface area contributed by atoms with Crippen LogP contribution in [0.4, 0.5) is 4.79 Å². The van der Waals surface area contributed by atoms with E-state index in [1.165, 1.54) is 36.9 Å². The van der Waals surface area contributed by atoms with E-state index in [0.717, 1.165) is 57.9 Å². The number of ether oxygens (including phenoxy) is 1. The first-order chi connectivity index (χ1) is 12.8. The van der Waals surface area contributed by atoms with Crippen LogP contribution in [0.3, 0.4) is 0 Å². The fourth-order valence-electron chi connectivity index (χ4n) is 4.21. The number of amides is 2. The number of nitrogens with one attached hydrogen (secondary N) is 1. The average Bonchev–Trinajstić information content (AvgIpc) is 3.19. The minimum absolute atomic E-state index is 0.0290. The maximum Gasteiger partial charge on any atom is 0.317 e. The van der Waals surface area contributed by atoms with Gasteiger partial charge in [-0.1, -0.05) is 6.07 Å². The average molecular weight is 358 g/mol. The molecule has 0 radical (unpaired) electrons. The van der Waals surface area contributed by atoms with E-state index in [9.17, 15) is 4.79 Å². The molecule has 26 heavy (non-hydrogen) atoms. The number of hydrogen-bond acceptors (Lipinski definition) is 4. The summed E-state index contributed by atoms with van der Waals surface area (Å²) in [5.74, 6) is 0. The Morgan fingerprint density at radius 1 is 1.15 bits per heavy atom. The molecule has 2 aliphatic heterocycles. The number of carbonyl (C=O) groups excluding carboxylic acids is 1. The standard InChI is InChI=1S/C20H30N4O2/c25-20(21-14-17-8-7-16-4-1-2-6-19(16)22-17)24-11-9-23(10-12-24)15-18-5-3-13-26-18/h7-8,18H,1-6,9-15H2,(H,21,25). The van der Waals surface area contributed by atoms with E-state index in [1.54, 1.807) is 0 Å². The monoisotopic (exact) mass is 358 g/mol. The van der Waals surface area contributed by atoms with Gasteiger partial charge in [-0.05, 0) is 50.2 Å². The third-order valence-electron chi connectivity index (χ3n) is 5.80. The first-order valence-electron chi connectivity index (χ1n) is 10.1. The molecule has 4 rings (SSSR count). The molecule has 1 atom stereocenters. The summed E-state index contributed by atoms with van der Waals surface area (Å²) >= 11 is 0. The van der Waals surface area contributed by atoms with E-state index in [4.69, 9.17) is 9.72 Å². The van der Waals surface area contributed by atoms with Crippen LogP contribution in [0, 0.1) is 0 Å². The second-order valence-electron chi connectivity index (χ2n) is 7.70. The molecule has 142 valence electrons. The Kier molecular flexibility index (Phi) is 5.70. The number of urea groups is 1. The number of piperazine rings is 1. The lowest BCUT2D eigenvalue weighted by Gasteiger charge is -2.35. The molecule has 2 amide bonds. The summed E-state index contributed by atoms with van der Waals surface area (Å²) in [5.41, 5.74) is 3.58. The summed E-state index contributed by atoms with van der Waals surface area (Å²) in [5, 5.41) is 3.04. The summed E-state index contributed by atoms with van der Waals surface area (Å²) < 4.78 is 5.72. The molecule has 1 aromatic rings. The van der Waals surface area contributed by atoms with Crippen LogP contribution in [0.2, 0.25) is 0 Å². The molecule has 6 nitrogen and oxygen atoms in total. The molecule has 1 unspecified atom stereocenters. The van der Waals surface area contributed by atoms with E-state index in [1.807, 2.05) is 4.90 Å². The van der Waals surface area contributed by atoms with Gasteiger partial charge in [-0.3, -0.25) is 9.88 Å². The fraction of sp³-hybridized carbons (Fsp3) is 0.700. The summed E-state index contributed by atoms with van der Waals surface area (Å²) in [7, 11) is 0. The fourth-order valence-corrected chi connectivity index (χ4v) is 4.21. The predicted octanol–water partition coefficient (Wildman–Crippen LogP) is 1.97. The molecule has 3 heterocycles. The van der Waals surface area contributed by atoms with Gasteiger partial charge in [0.05, 0.1) is 18.3 Å². The van der Waals surface area contributed by atoms with Gasteiger partial charge >= 0.3 is 6.03 Å². The quantitative estimate of drug-likeness (QED) is 0.894. The van der Waals surface area contributed by atoms with Crippen molar-refractivity contribution in [2.24, 2.45) is 0 Å². The molecule has 0 saturated carbocycles. The Morgan fingerprint density at radius 3 is 2.81 bits per heavy atom. The highest BCUT2D eigenvalue weighted by molar-refractivity contribution is 5.74. The largest absolute Gasteiger partial charge is 0.377 e. The molecule has 3 aliphatic rings. The van der Waals surface area contributed by atoms with Crippen molar-refractivity contribution in [1.29, 1.82) is 0 Å². The van der Waals surface area contributed by atoms with Gasteiger partial charge in [0.25, 0.3) is 0 Å². The maximum atomic E-state index is 12.5. The lowest BCUT2D eigenvalue weighted by Crippen LogP contribution is -2.52. The highest BCUT2D eigenvalue weighted by atomic mass is 16.5. The molecular formula is C20H30N4O2. The van der Waals surface area contributed by atoms with Crippen molar-refractivity contribution in [3.05, 3.63) is 29.1 Å². The van der Waals surface area contributed by atoms with Gasteiger partial charge in [-0.2, -0.15) is 0 Å². The Hall–Kier alpha value is -1.66. The minimum atomic E-state index is 0.0290. The molecule has 0 bridgehead atoms. The summed E-state index contributed by atoms with van der Waals surface area (Å²) in [6, 6.07) is 4.28. The molecule has 2 saturated heterocycles. The summed E-state index contributed by atoms with van der Waals surface area (Å²) in [6.45, 7) is 5.88. The topological polar surface area (TPSA) is 57.7 Å². The van der Waals surface area contributed by atoms with Gasteiger partial charge in [0, 0.05) is 45.0 Å². The molecule has 0 aromatic carbocycles. The smallest absolute Gasteiger partial charge is 0.317 e. The van der Waals surface area contributed by atoms with Gasteiger partial charge in [0.2, 0.25) is 0 Å². The Morgan fingerprint density at radius 2 is 2.00 bits per heavy atom. The zero-order chi connectivity index (χ0) is 17.8. The third kappa shape index (κ3) is 4.35. The number of fused-ring (bicyclic) bond motifs is 1. The van der Waals surface area contributed by atoms with Crippen LogP contribution in [0.15, 0.2) is 12.1 Å². The van der Waals surface area contributed by atoms with Crippen LogP contribution in [0.1, 0.15) is 42.6 Å². The van der Waals surface area contributed by atoms with E-state index in [0.29, 0.717) is 12.6 Å². The first kappa shape index (κ1) is 17.7. The van der Waals surface area contributed by atoms with Crippen molar-refractivity contribution >= 4 is 6.03 Å². The van der Waals surface area contributed by atoms with Gasteiger partial charge < -0.3 is 15.0 Å². The second kappa shape index (κ2) is 8.35. The molecule has 1 aromatic heterocycles. The lowest BCUT2D eigenvalue weighted by atomic mass is 9.96. The number of pyridine rings is 1. The molecule has 6 heteroatoms. The van der Waals surface area contributed by atoms with Crippen LogP contribution in [0.5, 0.6) is 0 Å². The van der Waals surface area contributed by atoms with Crippen molar-refractivity contribution in [1.82, 2.24) is 20.1 Å². The third-order valence-corrected chi connectivity index (χ3v) is 5.80. The maximum absolute atomic E-state index is 12.5. The van der Waals surface area contributed by atoms with Crippen LogP contribution < -0.4 is 5.32 Å². The Labute approximate surface area is 155 Å². The second-order valence-corrected chi connectivity index (χ2v) is 7.70. The number of hydrogen-bond donors (Lipinski definition) is 1. The van der Waals surface area contributed by atoms with Gasteiger partial charge in [-0.15, -0.1) is 0 Å². The van der Waals surface area contributed by atoms with E-state index in [2.05, 4.69) is 22.3 Å². The van der Waals surface area contributed by atoms with Crippen molar-refractivity contribution in [3.8, 4) is 0 Å². The number of nitrogens with zero attached hydrogens (tertiary/aromatic N) is 3. The van der Waals surface area contributed by atoms with Crippen molar-refractivity contribution in [2.75, 3.05) is 39.3 Å². The SMILES string of the molecule is O=C(NCc1ccc2c(n1)CCCC2)N1CCN(CC2CCCO2)CC1. The highest BCUT2D eigenvalue weighted by Gasteiger charge is 2.24. The van der Waals surface area contributed by atoms with Crippen LogP contribution in [-0.4, -0.2) is 66.2 Å². The van der Waals surface area contributed by atoms with Crippen molar-refractivity contribution in [3.63, 3.8) is 0 Å². The van der Waals surface area contributed by atoms with E-state index in [-0.39, 0.29) is 6.03 Å². The number of aryl methyl sites for hydroxylation is 2. The molecule has 0 spiro atoms. The number of rotatable bonds is 4. The molecule has 1 N–H and O–H groups in total. The van der Waals surface area contributed by atoms with Gasteiger partial charge in [-0.25, -0.2) is 4.79 Å². The van der Waals surface area contributed by atoms with E-state index < -0.39 is 0 Å². The number of carbonyl (C=O) groups is 1. The number of aromatic nitrogens is 1. The normalized spacial score (nSPS) is 23.7. The predicted molar refractivity (Wildman–Crippen MR) is 100 cm³/mol. The summed E-state index contributed by atoms with van der Waals surface area (Å²) in [6.07, 6.45) is 7.47. The molecule has 2 fully saturated rings.